The van der Waals surface area contributed by atoms with E-state index in [0.29, 0.717) is 23.9 Å². The Morgan fingerprint density at radius 1 is 1.07 bits per heavy atom. The number of rotatable bonds is 0. The Bertz CT molecular complexity index is 329. The van der Waals surface area contributed by atoms with Crippen LogP contribution in [0, 0.1) is 23.7 Å². The van der Waals surface area contributed by atoms with Crippen molar-refractivity contribution in [3.05, 3.63) is 12.2 Å². The van der Waals surface area contributed by atoms with Crippen LogP contribution in [0.15, 0.2) is 12.2 Å². The maximum absolute atomic E-state index is 11.8. The van der Waals surface area contributed by atoms with Gasteiger partial charge >= 0.3 is 0 Å². The fraction of sp³-hybridized carbons (Fsp3) is 0.667. The standard InChI is InChI=1S/C12H14O2/c13-10-4-2-1-3-7-8-5-6-9(11(7)10)12(8)14/h5-9,11H,1-4H2/t7-,8+,9+,11+/m1/s1. The van der Waals surface area contributed by atoms with Gasteiger partial charge in [0.15, 0.2) is 0 Å². The molecule has 2 saturated carbocycles. The average Bonchev–Trinajstić information content (AvgIpc) is 2.57. The molecule has 0 unspecified atom stereocenters. The lowest BCUT2D eigenvalue weighted by Gasteiger charge is -2.22. The molecule has 4 atom stereocenters. The van der Waals surface area contributed by atoms with Crippen molar-refractivity contribution in [2.75, 3.05) is 0 Å². The topological polar surface area (TPSA) is 34.1 Å². The summed E-state index contributed by atoms with van der Waals surface area (Å²) < 4.78 is 0. The second kappa shape index (κ2) is 2.78. The third-order valence-electron chi connectivity index (χ3n) is 4.07. The molecule has 0 aromatic heterocycles. The number of carbonyl (C=O) groups excluding carboxylic acids is 2. The minimum Gasteiger partial charge on any atom is -0.299 e. The molecule has 2 nitrogen and oxygen atoms in total. The van der Waals surface area contributed by atoms with Crippen LogP contribution >= 0.6 is 0 Å². The van der Waals surface area contributed by atoms with Crippen molar-refractivity contribution in [1.29, 1.82) is 0 Å². The van der Waals surface area contributed by atoms with Gasteiger partial charge in [-0.15, -0.1) is 0 Å². The van der Waals surface area contributed by atoms with E-state index in [-0.39, 0.29) is 17.8 Å². The molecule has 3 aliphatic carbocycles. The van der Waals surface area contributed by atoms with Crippen molar-refractivity contribution in [3.63, 3.8) is 0 Å². The summed E-state index contributed by atoms with van der Waals surface area (Å²) in [6, 6.07) is 0. The van der Waals surface area contributed by atoms with Gasteiger partial charge in [-0.25, -0.2) is 0 Å². The number of carbonyl (C=O) groups is 2. The van der Waals surface area contributed by atoms with E-state index in [2.05, 4.69) is 0 Å². The van der Waals surface area contributed by atoms with E-state index in [1.54, 1.807) is 0 Å². The normalized spacial score (nSPS) is 45.4. The summed E-state index contributed by atoms with van der Waals surface area (Å²) >= 11 is 0. The molecule has 2 fully saturated rings. The van der Waals surface area contributed by atoms with Crippen LogP contribution in [-0.4, -0.2) is 11.6 Å². The number of allylic oxidation sites excluding steroid dienone is 2. The Morgan fingerprint density at radius 2 is 1.86 bits per heavy atom. The molecule has 3 rings (SSSR count). The largest absolute Gasteiger partial charge is 0.299 e. The lowest BCUT2D eigenvalue weighted by molar-refractivity contribution is -0.127. The molecule has 0 amide bonds. The molecular formula is C12H14O2. The summed E-state index contributed by atoms with van der Waals surface area (Å²) in [6.45, 7) is 0. The monoisotopic (exact) mass is 190 g/mol. The van der Waals surface area contributed by atoms with Gasteiger partial charge in [0.1, 0.15) is 11.6 Å². The Labute approximate surface area is 83.4 Å². The van der Waals surface area contributed by atoms with Gasteiger partial charge in [0, 0.05) is 24.2 Å². The van der Waals surface area contributed by atoms with Crippen molar-refractivity contribution < 1.29 is 9.59 Å². The molecule has 0 aromatic carbocycles. The highest BCUT2D eigenvalue weighted by atomic mass is 16.1. The van der Waals surface area contributed by atoms with Crippen LogP contribution in [0.25, 0.3) is 0 Å². The van der Waals surface area contributed by atoms with Crippen LogP contribution in [0.5, 0.6) is 0 Å². The van der Waals surface area contributed by atoms with Crippen molar-refractivity contribution in [1.82, 2.24) is 0 Å². The highest BCUT2D eigenvalue weighted by Gasteiger charge is 2.53. The summed E-state index contributed by atoms with van der Waals surface area (Å²) in [4.78, 5) is 23.6. The second-order valence-corrected chi connectivity index (χ2v) is 4.74. The van der Waals surface area contributed by atoms with Gasteiger partial charge in [-0.2, -0.15) is 0 Å². The van der Waals surface area contributed by atoms with E-state index < -0.39 is 0 Å². The summed E-state index contributed by atoms with van der Waals surface area (Å²) in [7, 11) is 0. The molecule has 0 aromatic rings. The first-order valence-corrected chi connectivity index (χ1v) is 5.54. The van der Waals surface area contributed by atoms with Crippen LogP contribution in [-0.2, 0) is 9.59 Å². The molecule has 0 heterocycles. The Balaban J connectivity index is 2.00. The van der Waals surface area contributed by atoms with Gasteiger partial charge in [0.25, 0.3) is 0 Å². The molecular weight excluding hydrogens is 176 g/mol. The first kappa shape index (κ1) is 8.39. The van der Waals surface area contributed by atoms with Crippen molar-refractivity contribution in [3.8, 4) is 0 Å². The Morgan fingerprint density at radius 3 is 2.71 bits per heavy atom. The minimum absolute atomic E-state index is 0.0457. The number of hydrogen-bond acceptors (Lipinski definition) is 2. The predicted octanol–water partition coefficient (Wildman–Crippen LogP) is 1.75. The van der Waals surface area contributed by atoms with Gasteiger partial charge < -0.3 is 0 Å². The molecule has 0 aliphatic heterocycles. The van der Waals surface area contributed by atoms with E-state index in [1.165, 1.54) is 0 Å². The number of hydrogen-bond donors (Lipinski definition) is 0. The molecule has 3 aliphatic rings. The molecule has 0 N–H and O–H groups in total. The lowest BCUT2D eigenvalue weighted by Crippen LogP contribution is -2.25. The van der Waals surface area contributed by atoms with Crippen molar-refractivity contribution in [2.45, 2.75) is 25.7 Å². The third kappa shape index (κ3) is 0.915. The zero-order chi connectivity index (χ0) is 9.71. The molecule has 0 spiro atoms. The van der Waals surface area contributed by atoms with E-state index in [1.807, 2.05) is 12.2 Å². The fourth-order valence-electron chi connectivity index (χ4n) is 3.44. The predicted molar refractivity (Wildman–Crippen MR) is 51.6 cm³/mol. The Kier molecular flexibility index (Phi) is 1.67. The molecule has 0 saturated heterocycles. The van der Waals surface area contributed by atoms with Gasteiger partial charge in [-0.05, 0) is 18.8 Å². The molecule has 74 valence electrons. The molecule has 0 radical (unpaired) electrons. The average molecular weight is 190 g/mol. The summed E-state index contributed by atoms with van der Waals surface area (Å²) in [5.41, 5.74) is 0. The van der Waals surface area contributed by atoms with Crippen LogP contribution in [0.2, 0.25) is 0 Å². The summed E-state index contributed by atoms with van der Waals surface area (Å²) in [5.74, 6) is 1.11. The van der Waals surface area contributed by atoms with Gasteiger partial charge in [-0.3, -0.25) is 9.59 Å². The maximum atomic E-state index is 11.8. The van der Waals surface area contributed by atoms with E-state index in [9.17, 15) is 9.59 Å². The molecule has 2 bridgehead atoms. The van der Waals surface area contributed by atoms with Crippen LogP contribution in [0.1, 0.15) is 25.7 Å². The SMILES string of the molecule is O=C1CCCC[C@H]2[C@H]1[C@@H]1C=C[C@@H]2C1=O. The van der Waals surface area contributed by atoms with E-state index >= 15 is 0 Å². The van der Waals surface area contributed by atoms with Crippen LogP contribution < -0.4 is 0 Å². The zero-order valence-corrected chi connectivity index (χ0v) is 8.11. The first-order chi connectivity index (χ1) is 6.79. The Hall–Kier alpha value is -0.920. The smallest absolute Gasteiger partial charge is 0.147 e. The van der Waals surface area contributed by atoms with Gasteiger partial charge in [-0.1, -0.05) is 18.6 Å². The van der Waals surface area contributed by atoms with Crippen molar-refractivity contribution >= 4 is 11.6 Å². The maximum Gasteiger partial charge on any atom is 0.147 e. The summed E-state index contributed by atoms with van der Waals surface area (Å²) in [5, 5.41) is 0. The first-order valence-electron chi connectivity index (χ1n) is 5.54. The number of fused-ring (bicyclic) bond motifs is 5. The zero-order valence-electron chi connectivity index (χ0n) is 8.11. The lowest BCUT2D eigenvalue weighted by atomic mass is 9.79. The van der Waals surface area contributed by atoms with E-state index in [4.69, 9.17) is 0 Å². The third-order valence-corrected chi connectivity index (χ3v) is 4.07. The minimum atomic E-state index is -0.0457. The van der Waals surface area contributed by atoms with Crippen LogP contribution in [0.4, 0.5) is 0 Å². The van der Waals surface area contributed by atoms with Crippen LogP contribution in [0.3, 0.4) is 0 Å². The van der Waals surface area contributed by atoms with Gasteiger partial charge in [0.05, 0.1) is 0 Å². The van der Waals surface area contributed by atoms with Gasteiger partial charge in [0.2, 0.25) is 0 Å². The molecule has 2 heteroatoms. The molecule has 14 heavy (non-hydrogen) atoms. The number of Topliss-reactive ketones (excluding diaryl/α,β-unsaturated/α-hetero) is 2. The second-order valence-electron chi connectivity index (χ2n) is 4.74. The quantitative estimate of drug-likeness (QED) is 0.545. The summed E-state index contributed by atoms with van der Waals surface area (Å²) in [6.07, 6.45) is 7.93. The van der Waals surface area contributed by atoms with E-state index in [0.717, 1.165) is 19.3 Å². The highest BCUT2D eigenvalue weighted by Crippen LogP contribution is 2.49. The van der Waals surface area contributed by atoms with Crippen molar-refractivity contribution in [2.24, 2.45) is 23.7 Å². The highest BCUT2D eigenvalue weighted by molar-refractivity contribution is 5.99. The number of ketones is 2. The fourth-order valence-corrected chi connectivity index (χ4v) is 3.44.